The largest absolute Gasteiger partial charge is 0.339 e. The SMILES string of the molecule is Cc1noc(C2CCN(S(=O)(=O)Cc3c(F)cccc3F)C2)n1. The molecule has 23 heavy (non-hydrogen) atoms. The highest BCUT2D eigenvalue weighted by atomic mass is 32.2. The zero-order valence-electron chi connectivity index (χ0n) is 12.4. The molecule has 0 spiro atoms. The molecule has 124 valence electrons. The molecule has 1 unspecified atom stereocenters. The van der Waals surface area contributed by atoms with Crippen LogP contribution in [0.25, 0.3) is 0 Å². The molecule has 2 heterocycles. The number of sulfonamides is 1. The van der Waals surface area contributed by atoms with Gasteiger partial charge in [-0.1, -0.05) is 11.2 Å². The molecule has 0 amide bonds. The average Bonchev–Trinajstić information content (AvgIpc) is 3.12. The Kier molecular flexibility index (Phi) is 4.15. The molecular weight excluding hydrogens is 328 g/mol. The second-order valence-electron chi connectivity index (χ2n) is 5.48. The molecule has 0 N–H and O–H groups in total. The minimum atomic E-state index is -3.83. The number of nitrogens with zero attached hydrogens (tertiary/aromatic N) is 3. The van der Waals surface area contributed by atoms with Crippen LogP contribution >= 0.6 is 0 Å². The molecule has 0 radical (unpaired) electrons. The van der Waals surface area contributed by atoms with Crippen molar-refractivity contribution in [2.45, 2.75) is 25.0 Å². The van der Waals surface area contributed by atoms with Crippen molar-refractivity contribution in [2.75, 3.05) is 13.1 Å². The van der Waals surface area contributed by atoms with Gasteiger partial charge in [-0.05, 0) is 25.5 Å². The Balaban J connectivity index is 1.76. The van der Waals surface area contributed by atoms with Gasteiger partial charge in [-0.15, -0.1) is 0 Å². The Hall–Kier alpha value is -1.87. The summed E-state index contributed by atoms with van der Waals surface area (Å²) in [5.74, 6) is -1.77. The lowest BCUT2D eigenvalue weighted by molar-refractivity contribution is 0.351. The van der Waals surface area contributed by atoms with E-state index in [0.29, 0.717) is 18.1 Å². The summed E-state index contributed by atoms with van der Waals surface area (Å²) in [6, 6.07) is 3.29. The summed E-state index contributed by atoms with van der Waals surface area (Å²) in [6.07, 6.45) is 0.528. The zero-order valence-corrected chi connectivity index (χ0v) is 13.2. The Morgan fingerprint density at radius 3 is 2.65 bits per heavy atom. The number of benzene rings is 1. The van der Waals surface area contributed by atoms with Crippen LogP contribution in [-0.4, -0.2) is 36.0 Å². The number of hydrogen-bond acceptors (Lipinski definition) is 5. The minimum absolute atomic E-state index is 0.167. The van der Waals surface area contributed by atoms with Gasteiger partial charge in [-0.2, -0.15) is 4.98 Å². The van der Waals surface area contributed by atoms with E-state index in [1.54, 1.807) is 6.92 Å². The Labute approximate surface area is 132 Å². The number of aromatic nitrogens is 2. The molecular formula is C14H15F2N3O3S. The van der Waals surface area contributed by atoms with Gasteiger partial charge in [0.2, 0.25) is 15.9 Å². The Morgan fingerprint density at radius 2 is 2.04 bits per heavy atom. The first-order valence-electron chi connectivity index (χ1n) is 7.08. The Morgan fingerprint density at radius 1 is 1.35 bits per heavy atom. The van der Waals surface area contributed by atoms with E-state index >= 15 is 0 Å². The number of halogens is 2. The predicted octanol–water partition coefficient (Wildman–Crippen LogP) is 1.98. The van der Waals surface area contributed by atoms with Crippen molar-refractivity contribution in [3.63, 3.8) is 0 Å². The van der Waals surface area contributed by atoms with Crippen LogP contribution in [0.4, 0.5) is 8.78 Å². The van der Waals surface area contributed by atoms with E-state index in [0.717, 1.165) is 12.1 Å². The second-order valence-corrected chi connectivity index (χ2v) is 7.45. The van der Waals surface area contributed by atoms with E-state index in [9.17, 15) is 17.2 Å². The molecule has 6 nitrogen and oxygen atoms in total. The highest BCUT2D eigenvalue weighted by molar-refractivity contribution is 7.88. The van der Waals surface area contributed by atoms with Crippen LogP contribution < -0.4 is 0 Å². The summed E-state index contributed by atoms with van der Waals surface area (Å²) in [6.45, 7) is 2.10. The molecule has 1 aromatic heterocycles. The van der Waals surface area contributed by atoms with Gasteiger partial charge in [-0.3, -0.25) is 0 Å². The van der Waals surface area contributed by atoms with Gasteiger partial charge in [0.05, 0.1) is 11.7 Å². The highest BCUT2D eigenvalue weighted by Crippen LogP contribution is 2.29. The van der Waals surface area contributed by atoms with Crippen LogP contribution in [0.15, 0.2) is 22.7 Å². The molecule has 1 aromatic carbocycles. The molecule has 0 aliphatic carbocycles. The fraction of sp³-hybridized carbons (Fsp3) is 0.429. The standard InChI is InChI=1S/C14H15F2N3O3S/c1-9-17-14(22-18-9)10-5-6-19(7-10)23(20,21)8-11-12(15)3-2-4-13(11)16/h2-4,10H,5-8H2,1H3. The molecule has 2 aromatic rings. The van der Waals surface area contributed by atoms with E-state index in [-0.39, 0.29) is 19.0 Å². The summed E-state index contributed by atoms with van der Waals surface area (Å²) in [4.78, 5) is 4.10. The number of hydrogen-bond donors (Lipinski definition) is 0. The predicted molar refractivity (Wildman–Crippen MR) is 76.9 cm³/mol. The molecule has 1 atom stereocenters. The highest BCUT2D eigenvalue weighted by Gasteiger charge is 2.35. The average molecular weight is 343 g/mol. The van der Waals surface area contributed by atoms with Gasteiger partial charge in [0.1, 0.15) is 11.6 Å². The quantitative estimate of drug-likeness (QED) is 0.848. The molecule has 9 heteroatoms. The topological polar surface area (TPSA) is 76.3 Å². The molecule has 3 rings (SSSR count). The van der Waals surface area contributed by atoms with Crippen molar-refractivity contribution < 1.29 is 21.7 Å². The number of aryl methyl sites for hydroxylation is 1. The normalized spacial score (nSPS) is 19.3. The fourth-order valence-corrected chi connectivity index (χ4v) is 4.22. The molecule has 1 saturated heterocycles. The molecule has 1 aliphatic rings. The maximum absolute atomic E-state index is 13.7. The van der Waals surface area contributed by atoms with Crippen molar-refractivity contribution >= 4 is 10.0 Å². The third-order valence-electron chi connectivity index (χ3n) is 3.83. The van der Waals surface area contributed by atoms with Crippen molar-refractivity contribution in [2.24, 2.45) is 0 Å². The van der Waals surface area contributed by atoms with E-state index in [1.807, 2.05) is 0 Å². The van der Waals surface area contributed by atoms with Crippen LogP contribution in [0.3, 0.4) is 0 Å². The summed E-state index contributed by atoms with van der Waals surface area (Å²) >= 11 is 0. The van der Waals surface area contributed by atoms with Crippen LogP contribution in [0, 0.1) is 18.6 Å². The van der Waals surface area contributed by atoms with Gasteiger partial charge in [-0.25, -0.2) is 21.5 Å². The smallest absolute Gasteiger partial charge is 0.231 e. The van der Waals surface area contributed by atoms with Crippen LogP contribution in [0.2, 0.25) is 0 Å². The van der Waals surface area contributed by atoms with Crippen molar-refractivity contribution in [3.05, 3.63) is 47.1 Å². The molecule has 1 fully saturated rings. The first kappa shape index (κ1) is 16.0. The molecule has 0 bridgehead atoms. The van der Waals surface area contributed by atoms with Gasteiger partial charge in [0, 0.05) is 18.7 Å². The second kappa shape index (κ2) is 5.97. The third kappa shape index (κ3) is 3.25. The van der Waals surface area contributed by atoms with Gasteiger partial charge < -0.3 is 4.52 Å². The lowest BCUT2D eigenvalue weighted by Gasteiger charge is -2.16. The van der Waals surface area contributed by atoms with E-state index in [1.165, 1.54) is 10.4 Å². The van der Waals surface area contributed by atoms with Crippen molar-refractivity contribution in [3.8, 4) is 0 Å². The minimum Gasteiger partial charge on any atom is -0.339 e. The zero-order chi connectivity index (χ0) is 16.6. The van der Waals surface area contributed by atoms with Crippen LogP contribution in [0.5, 0.6) is 0 Å². The fourth-order valence-electron chi connectivity index (χ4n) is 2.61. The van der Waals surface area contributed by atoms with E-state index in [2.05, 4.69) is 10.1 Å². The molecule has 0 saturated carbocycles. The van der Waals surface area contributed by atoms with E-state index < -0.39 is 33.0 Å². The summed E-state index contributed by atoms with van der Waals surface area (Å²) in [5, 5.41) is 3.69. The Bertz CT molecular complexity index is 802. The third-order valence-corrected chi connectivity index (χ3v) is 5.60. The lowest BCUT2D eigenvalue weighted by atomic mass is 10.1. The van der Waals surface area contributed by atoms with Gasteiger partial charge >= 0.3 is 0 Å². The van der Waals surface area contributed by atoms with Crippen molar-refractivity contribution in [1.82, 2.24) is 14.4 Å². The first-order chi connectivity index (χ1) is 10.9. The molecule has 1 aliphatic heterocycles. The summed E-state index contributed by atoms with van der Waals surface area (Å²) < 4.78 is 58.4. The van der Waals surface area contributed by atoms with Gasteiger partial charge in [0.15, 0.2) is 5.82 Å². The number of rotatable bonds is 4. The van der Waals surface area contributed by atoms with Crippen molar-refractivity contribution in [1.29, 1.82) is 0 Å². The van der Waals surface area contributed by atoms with Gasteiger partial charge in [0.25, 0.3) is 0 Å². The lowest BCUT2D eigenvalue weighted by Crippen LogP contribution is -2.30. The monoisotopic (exact) mass is 343 g/mol. The van der Waals surface area contributed by atoms with E-state index in [4.69, 9.17) is 4.52 Å². The van der Waals surface area contributed by atoms with Crippen LogP contribution in [0.1, 0.15) is 29.6 Å². The first-order valence-corrected chi connectivity index (χ1v) is 8.68. The summed E-state index contributed by atoms with van der Waals surface area (Å²) in [7, 11) is -3.83. The summed E-state index contributed by atoms with van der Waals surface area (Å²) in [5.41, 5.74) is -0.440. The maximum atomic E-state index is 13.7. The maximum Gasteiger partial charge on any atom is 0.231 e. The van der Waals surface area contributed by atoms with Crippen LogP contribution in [-0.2, 0) is 15.8 Å².